The van der Waals surface area contributed by atoms with Gasteiger partial charge in [0, 0.05) is 17.8 Å². The van der Waals surface area contributed by atoms with Gasteiger partial charge in [0.05, 0.1) is 13.2 Å². The maximum absolute atomic E-state index is 12.4. The lowest BCUT2D eigenvalue weighted by Gasteiger charge is -2.20. The molecule has 0 saturated carbocycles. The number of carbonyl (C=O) groups excluding carboxylic acids is 2. The molecule has 2 amide bonds. The van der Waals surface area contributed by atoms with Gasteiger partial charge in [0.2, 0.25) is 11.8 Å². The second-order valence-electron chi connectivity index (χ2n) is 7.49. The molecular formula is C24H31N3O3. The number of nitrogens with one attached hydrogen (secondary N) is 2. The van der Waals surface area contributed by atoms with Gasteiger partial charge in [-0.3, -0.25) is 9.59 Å². The van der Waals surface area contributed by atoms with Crippen LogP contribution in [-0.2, 0) is 16.0 Å². The van der Waals surface area contributed by atoms with Gasteiger partial charge in [-0.15, -0.1) is 0 Å². The van der Waals surface area contributed by atoms with Crippen LogP contribution >= 0.6 is 0 Å². The van der Waals surface area contributed by atoms with Gasteiger partial charge in [-0.05, 0) is 48.6 Å². The largest absolute Gasteiger partial charge is 0.497 e. The van der Waals surface area contributed by atoms with Crippen molar-refractivity contribution >= 4 is 17.5 Å². The van der Waals surface area contributed by atoms with Crippen LogP contribution in [0, 0.1) is 5.92 Å². The van der Waals surface area contributed by atoms with E-state index >= 15 is 0 Å². The summed E-state index contributed by atoms with van der Waals surface area (Å²) >= 11 is 0. The normalized spacial score (nSPS) is 13.1. The summed E-state index contributed by atoms with van der Waals surface area (Å²) in [6.07, 6.45) is 4.59. The SMILES string of the molecule is COc1ccc(NC(=O)/C=C/[C@H](CCc2ccccc2)NC(=O)[C@@H](N)C(C)C)cc1. The fourth-order valence-corrected chi connectivity index (χ4v) is 2.83. The predicted octanol–water partition coefficient (Wildman–Crippen LogP) is 3.29. The summed E-state index contributed by atoms with van der Waals surface area (Å²) in [6, 6.07) is 16.2. The van der Waals surface area contributed by atoms with E-state index in [0.29, 0.717) is 17.9 Å². The number of methoxy groups -OCH3 is 1. The van der Waals surface area contributed by atoms with Gasteiger partial charge >= 0.3 is 0 Å². The van der Waals surface area contributed by atoms with Crippen LogP contribution in [0.5, 0.6) is 5.75 Å². The second-order valence-corrected chi connectivity index (χ2v) is 7.49. The smallest absolute Gasteiger partial charge is 0.248 e. The maximum Gasteiger partial charge on any atom is 0.248 e. The predicted molar refractivity (Wildman–Crippen MR) is 120 cm³/mol. The molecule has 0 heterocycles. The highest BCUT2D eigenvalue weighted by molar-refractivity contribution is 5.99. The van der Waals surface area contributed by atoms with E-state index in [9.17, 15) is 9.59 Å². The van der Waals surface area contributed by atoms with Gasteiger partial charge in [-0.25, -0.2) is 0 Å². The van der Waals surface area contributed by atoms with E-state index in [4.69, 9.17) is 10.5 Å². The average Bonchev–Trinajstić information content (AvgIpc) is 2.76. The van der Waals surface area contributed by atoms with E-state index in [0.717, 1.165) is 6.42 Å². The van der Waals surface area contributed by atoms with Gasteiger partial charge in [-0.2, -0.15) is 0 Å². The quantitative estimate of drug-likeness (QED) is 0.525. The van der Waals surface area contributed by atoms with Crippen molar-refractivity contribution in [2.24, 2.45) is 11.7 Å². The van der Waals surface area contributed by atoms with Crippen molar-refractivity contribution in [1.29, 1.82) is 0 Å². The van der Waals surface area contributed by atoms with Crippen LogP contribution in [0.3, 0.4) is 0 Å². The first-order chi connectivity index (χ1) is 14.4. The van der Waals surface area contributed by atoms with E-state index in [1.54, 1.807) is 37.5 Å². The van der Waals surface area contributed by atoms with Gasteiger partial charge < -0.3 is 21.1 Å². The number of carbonyl (C=O) groups is 2. The summed E-state index contributed by atoms with van der Waals surface area (Å²) in [5.41, 5.74) is 7.80. The van der Waals surface area contributed by atoms with Crippen LogP contribution in [0.2, 0.25) is 0 Å². The second kappa shape index (κ2) is 11.8. The maximum atomic E-state index is 12.4. The Morgan fingerprint density at radius 3 is 2.33 bits per heavy atom. The molecule has 6 heteroatoms. The van der Waals surface area contributed by atoms with Gasteiger partial charge in [0.25, 0.3) is 0 Å². The zero-order chi connectivity index (χ0) is 21.9. The third-order valence-electron chi connectivity index (χ3n) is 4.77. The first-order valence-corrected chi connectivity index (χ1v) is 10.1. The molecule has 0 radical (unpaired) electrons. The Bertz CT molecular complexity index is 833. The highest BCUT2D eigenvalue weighted by Crippen LogP contribution is 2.15. The third kappa shape index (κ3) is 7.72. The van der Waals surface area contributed by atoms with E-state index in [2.05, 4.69) is 10.6 Å². The molecule has 30 heavy (non-hydrogen) atoms. The number of hydrogen-bond donors (Lipinski definition) is 3. The number of aryl methyl sites for hydroxylation is 1. The lowest BCUT2D eigenvalue weighted by Crippen LogP contribution is -2.47. The zero-order valence-electron chi connectivity index (χ0n) is 17.8. The first kappa shape index (κ1) is 23.2. The molecular weight excluding hydrogens is 378 g/mol. The first-order valence-electron chi connectivity index (χ1n) is 10.1. The molecule has 2 aromatic carbocycles. The lowest BCUT2D eigenvalue weighted by molar-refractivity contribution is -0.123. The van der Waals surface area contributed by atoms with Crippen molar-refractivity contribution in [2.75, 3.05) is 12.4 Å². The van der Waals surface area contributed by atoms with E-state index in [1.807, 2.05) is 44.2 Å². The Kier molecular flexibility index (Phi) is 9.09. The number of amides is 2. The van der Waals surface area contributed by atoms with Crippen LogP contribution in [0.15, 0.2) is 66.7 Å². The van der Waals surface area contributed by atoms with Crippen molar-refractivity contribution < 1.29 is 14.3 Å². The highest BCUT2D eigenvalue weighted by atomic mass is 16.5. The Hall–Kier alpha value is -3.12. The van der Waals surface area contributed by atoms with Crippen LogP contribution in [0.25, 0.3) is 0 Å². The molecule has 0 saturated heterocycles. The highest BCUT2D eigenvalue weighted by Gasteiger charge is 2.19. The zero-order valence-corrected chi connectivity index (χ0v) is 17.8. The number of anilines is 1. The Morgan fingerprint density at radius 2 is 1.73 bits per heavy atom. The van der Waals surface area contributed by atoms with Crippen molar-refractivity contribution in [3.8, 4) is 5.75 Å². The molecule has 2 aromatic rings. The van der Waals surface area contributed by atoms with Gasteiger partial charge in [0.15, 0.2) is 0 Å². The van der Waals surface area contributed by atoms with Crippen LogP contribution in [-0.4, -0.2) is 31.0 Å². The molecule has 2 rings (SSSR count). The van der Waals surface area contributed by atoms with E-state index < -0.39 is 6.04 Å². The Balaban J connectivity index is 2.01. The minimum Gasteiger partial charge on any atom is -0.497 e. The minimum absolute atomic E-state index is 0.0297. The van der Waals surface area contributed by atoms with E-state index in [-0.39, 0.29) is 23.8 Å². The summed E-state index contributed by atoms with van der Waals surface area (Å²) in [5, 5.41) is 5.75. The molecule has 160 valence electrons. The number of rotatable bonds is 10. The summed E-state index contributed by atoms with van der Waals surface area (Å²) in [6.45, 7) is 3.81. The van der Waals surface area contributed by atoms with Crippen LogP contribution < -0.4 is 21.1 Å². The molecule has 0 aliphatic rings. The fourth-order valence-electron chi connectivity index (χ4n) is 2.83. The molecule has 0 aromatic heterocycles. The molecule has 0 unspecified atom stereocenters. The molecule has 0 aliphatic carbocycles. The monoisotopic (exact) mass is 409 g/mol. The molecule has 2 atom stereocenters. The molecule has 0 spiro atoms. The van der Waals surface area contributed by atoms with Gasteiger partial charge in [0.1, 0.15) is 5.75 Å². The lowest BCUT2D eigenvalue weighted by atomic mass is 10.0. The molecule has 0 fully saturated rings. The molecule has 4 N–H and O–H groups in total. The molecule has 0 bridgehead atoms. The standard InChI is InChI=1S/C24H31N3O3/c1-17(2)23(25)24(29)27-20(10-9-18-7-5-4-6-8-18)13-16-22(28)26-19-11-14-21(30-3)15-12-19/h4-8,11-17,20,23H,9-10,25H2,1-3H3,(H,26,28)(H,27,29)/b16-13+/t20-,23-/m0/s1. The van der Waals surface area contributed by atoms with Gasteiger partial charge in [-0.1, -0.05) is 50.3 Å². The van der Waals surface area contributed by atoms with E-state index in [1.165, 1.54) is 11.6 Å². The fraction of sp³-hybridized carbons (Fsp3) is 0.333. The number of nitrogens with two attached hydrogens (primary N) is 1. The summed E-state index contributed by atoms with van der Waals surface area (Å²) in [4.78, 5) is 24.7. The Morgan fingerprint density at radius 1 is 1.07 bits per heavy atom. The molecule has 6 nitrogen and oxygen atoms in total. The third-order valence-corrected chi connectivity index (χ3v) is 4.77. The number of benzene rings is 2. The average molecular weight is 410 g/mol. The summed E-state index contributed by atoms with van der Waals surface area (Å²) in [7, 11) is 1.59. The van der Waals surface area contributed by atoms with Crippen molar-refractivity contribution in [3.63, 3.8) is 0 Å². The summed E-state index contributed by atoms with van der Waals surface area (Å²) in [5.74, 6) is 0.256. The minimum atomic E-state index is -0.592. The number of hydrogen-bond acceptors (Lipinski definition) is 4. The summed E-state index contributed by atoms with van der Waals surface area (Å²) < 4.78 is 5.11. The van der Waals surface area contributed by atoms with Crippen LogP contribution in [0.4, 0.5) is 5.69 Å². The number of ether oxygens (including phenoxy) is 1. The molecule has 0 aliphatic heterocycles. The van der Waals surface area contributed by atoms with Crippen LogP contribution in [0.1, 0.15) is 25.8 Å². The van der Waals surface area contributed by atoms with Crippen molar-refractivity contribution in [1.82, 2.24) is 5.32 Å². The Labute approximate surface area is 178 Å². The van der Waals surface area contributed by atoms with Crippen molar-refractivity contribution in [3.05, 3.63) is 72.3 Å². The topological polar surface area (TPSA) is 93.5 Å². The van der Waals surface area contributed by atoms with Crippen molar-refractivity contribution in [2.45, 2.75) is 38.8 Å².